The highest BCUT2D eigenvalue weighted by Crippen LogP contribution is 2.32. The minimum absolute atomic E-state index is 0.0306. The van der Waals surface area contributed by atoms with Crippen LogP contribution in [0, 0.1) is 0 Å². The van der Waals surface area contributed by atoms with Crippen LogP contribution in [0.5, 0.6) is 0 Å². The fourth-order valence-electron chi connectivity index (χ4n) is 3.89. The van der Waals surface area contributed by atoms with Crippen molar-refractivity contribution >= 4 is 34.4 Å². The summed E-state index contributed by atoms with van der Waals surface area (Å²) in [5.74, 6) is -0.0306. The smallest absolute Gasteiger partial charge is 0.185 e. The largest absolute Gasteiger partial charge is 0.354 e. The number of H-pyrrole nitrogens is 1. The normalized spacial score (nSPS) is 11.3. The van der Waals surface area contributed by atoms with Gasteiger partial charge < -0.3 is 4.98 Å². The van der Waals surface area contributed by atoms with Crippen LogP contribution in [0.1, 0.15) is 15.9 Å². The molecule has 1 N–H and O–H groups in total. The molecule has 1 heterocycles. The molecule has 5 aromatic rings. The SMILES string of the molecule is O=C(/C=C/c1c(-c2ccc(Cl)cc2)[nH]c2ccccc12)c1ccc(-c2ccccc2)cc1. The quantitative estimate of drug-likeness (QED) is 0.220. The molecule has 0 spiro atoms. The van der Waals surface area contributed by atoms with Gasteiger partial charge in [-0.1, -0.05) is 96.5 Å². The number of halogens is 1. The molecule has 0 unspecified atom stereocenters. The van der Waals surface area contributed by atoms with Crippen LogP contribution in [0.2, 0.25) is 5.02 Å². The summed E-state index contributed by atoms with van der Waals surface area (Å²) in [7, 11) is 0. The van der Waals surface area contributed by atoms with Crippen molar-refractivity contribution in [3.05, 3.63) is 125 Å². The lowest BCUT2D eigenvalue weighted by molar-refractivity contribution is 0.104. The highest BCUT2D eigenvalue weighted by molar-refractivity contribution is 6.30. The first-order chi connectivity index (χ1) is 15.7. The van der Waals surface area contributed by atoms with Gasteiger partial charge in [-0.3, -0.25) is 4.79 Å². The van der Waals surface area contributed by atoms with Crippen LogP contribution in [-0.4, -0.2) is 10.8 Å². The Morgan fingerprint density at radius 2 is 1.31 bits per heavy atom. The van der Waals surface area contributed by atoms with Crippen molar-refractivity contribution in [2.45, 2.75) is 0 Å². The highest BCUT2D eigenvalue weighted by atomic mass is 35.5. The highest BCUT2D eigenvalue weighted by Gasteiger charge is 2.12. The number of carbonyl (C=O) groups excluding carboxylic acids is 1. The molecule has 0 aliphatic heterocycles. The Morgan fingerprint density at radius 3 is 2.06 bits per heavy atom. The lowest BCUT2D eigenvalue weighted by Gasteiger charge is -2.03. The van der Waals surface area contributed by atoms with Gasteiger partial charge in [0.1, 0.15) is 0 Å². The fourth-order valence-corrected chi connectivity index (χ4v) is 4.02. The predicted octanol–water partition coefficient (Wildman–Crippen LogP) is 8.05. The van der Waals surface area contributed by atoms with Crippen molar-refractivity contribution < 1.29 is 4.79 Å². The lowest BCUT2D eigenvalue weighted by atomic mass is 10.0. The van der Waals surface area contributed by atoms with Crippen LogP contribution in [0.3, 0.4) is 0 Å². The Hall–Kier alpha value is -3.88. The van der Waals surface area contributed by atoms with Crippen molar-refractivity contribution in [2.75, 3.05) is 0 Å². The number of para-hydroxylation sites is 1. The first kappa shape index (κ1) is 20.0. The van der Waals surface area contributed by atoms with Gasteiger partial charge in [0.05, 0.1) is 5.69 Å². The van der Waals surface area contributed by atoms with Gasteiger partial charge in [0.2, 0.25) is 0 Å². The van der Waals surface area contributed by atoms with Crippen LogP contribution in [0.25, 0.3) is 39.4 Å². The minimum Gasteiger partial charge on any atom is -0.354 e. The molecule has 0 saturated carbocycles. The van der Waals surface area contributed by atoms with Crippen molar-refractivity contribution in [1.82, 2.24) is 4.98 Å². The summed E-state index contributed by atoms with van der Waals surface area (Å²) < 4.78 is 0. The summed E-state index contributed by atoms with van der Waals surface area (Å²) in [6, 6.07) is 33.7. The monoisotopic (exact) mass is 433 g/mol. The molecular formula is C29H20ClNO. The van der Waals surface area contributed by atoms with Crippen LogP contribution < -0.4 is 0 Å². The number of rotatable bonds is 5. The maximum Gasteiger partial charge on any atom is 0.185 e. The standard InChI is InChI=1S/C29H20ClNO/c30-24-16-14-23(15-17-24)29-26(25-8-4-5-9-27(25)31-29)18-19-28(32)22-12-10-21(11-13-22)20-6-2-1-3-7-20/h1-19,31H/b19-18+. The maximum absolute atomic E-state index is 12.9. The van der Waals surface area contributed by atoms with Crippen molar-refractivity contribution in [3.8, 4) is 22.4 Å². The summed E-state index contributed by atoms with van der Waals surface area (Å²) in [6.45, 7) is 0. The van der Waals surface area contributed by atoms with E-state index in [0.29, 0.717) is 10.6 Å². The molecule has 0 aliphatic carbocycles. The zero-order valence-electron chi connectivity index (χ0n) is 17.3. The summed E-state index contributed by atoms with van der Waals surface area (Å²) in [4.78, 5) is 16.4. The summed E-state index contributed by atoms with van der Waals surface area (Å²) >= 11 is 6.07. The van der Waals surface area contributed by atoms with E-state index in [1.165, 1.54) is 0 Å². The molecule has 0 saturated heterocycles. The van der Waals surface area contributed by atoms with Crippen LogP contribution in [0.15, 0.2) is 109 Å². The molecule has 0 radical (unpaired) electrons. The molecule has 0 atom stereocenters. The van der Waals surface area contributed by atoms with E-state index in [1.807, 2.05) is 91.0 Å². The first-order valence-electron chi connectivity index (χ1n) is 10.4. The molecule has 154 valence electrons. The van der Waals surface area contributed by atoms with E-state index in [-0.39, 0.29) is 5.78 Å². The number of aromatic amines is 1. The van der Waals surface area contributed by atoms with Crippen molar-refractivity contribution in [2.24, 2.45) is 0 Å². The number of allylic oxidation sites excluding steroid dienone is 1. The number of fused-ring (bicyclic) bond motifs is 1. The third-order valence-electron chi connectivity index (χ3n) is 5.56. The number of hydrogen-bond acceptors (Lipinski definition) is 1. The Morgan fingerprint density at radius 1 is 0.688 bits per heavy atom. The molecule has 0 bridgehead atoms. The molecule has 5 rings (SSSR count). The number of hydrogen-bond donors (Lipinski definition) is 1. The van der Waals surface area contributed by atoms with E-state index in [0.717, 1.165) is 38.9 Å². The number of ketones is 1. The first-order valence-corrected chi connectivity index (χ1v) is 10.8. The molecule has 0 amide bonds. The van der Waals surface area contributed by atoms with Crippen LogP contribution in [0.4, 0.5) is 0 Å². The van der Waals surface area contributed by atoms with Gasteiger partial charge in [0, 0.05) is 27.1 Å². The Balaban J connectivity index is 1.47. The van der Waals surface area contributed by atoms with Crippen molar-refractivity contribution in [3.63, 3.8) is 0 Å². The minimum atomic E-state index is -0.0306. The molecule has 2 nitrogen and oxygen atoms in total. The lowest BCUT2D eigenvalue weighted by Crippen LogP contribution is -1.94. The Bertz CT molecular complexity index is 1410. The molecule has 3 heteroatoms. The third kappa shape index (κ3) is 4.01. The number of aromatic nitrogens is 1. The second-order valence-electron chi connectivity index (χ2n) is 7.61. The van der Waals surface area contributed by atoms with E-state index in [9.17, 15) is 4.79 Å². The average Bonchev–Trinajstić information content (AvgIpc) is 3.22. The molecule has 0 fully saturated rings. The van der Waals surface area contributed by atoms with Gasteiger partial charge in [0.25, 0.3) is 0 Å². The topological polar surface area (TPSA) is 32.9 Å². The molecule has 4 aromatic carbocycles. The zero-order valence-corrected chi connectivity index (χ0v) is 18.0. The zero-order chi connectivity index (χ0) is 21.9. The molecule has 32 heavy (non-hydrogen) atoms. The molecule has 1 aromatic heterocycles. The van der Waals surface area contributed by atoms with Crippen LogP contribution in [-0.2, 0) is 0 Å². The van der Waals surface area contributed by atoms with Gasteiger partial charge in [-0.2, -0.15) is 0 Å². The van der Waals surface area contributed by atoms with E-state index < -0.39 is 0 Å². The van der Waals surface area contributed by atoms with Gasteiger partial charge in [-0.05, 0) is 47.0 Å². The number of nitrogens with one attached hydrogen (secondary N) is 1. The summed E-state index contributed by atoms with van der Waals surface area (Å²) in [5.41, 5.74) is 6.88. The molecular weight excluding hydrogens is 414 g/mol. The molecule has 0 aliphatic rings. The predicted molar refractivity (Wildman–Crippen MR) is 134 cm³/mol. The average molecular weight is 434 g/mol. The van der Waals surface area contributed by atoms with E-state index in [1.54, 1.807) is 6.08 Å². The van der Waals surface area contributed by atoms with E-state index in [2.05, 4.69) is 23.2 Å². The fraction of sp³-hybridized carbons (Fsp3) is 0. The Labute approximate surface area is 191 Å². The number of benzene rings is 4. The number of carbonyl (C=O) groups is 1. The van der Waals surface area contributed by atoms with Gasteiger partial charge in [-0.25, -0.2) is 0 Å². The van der Waals surface area contributed by atoms with Crippen molar-refractivity contribution in [1.29, 1.82) is 0 Å². The van der Waals surface area contributed by atoms with Gasteiger partial charge in [0.15, 0.2) is 5.78 Å². The second kappa shape index (κ2) is 8.70. The van der Waals surface area contributed by atoms with Gasteiger partial charge >= 0.3 is 0 Å². The third-order valence-corrected chi connectivity index (χ3v) is 5.81. The van der Waals surface area contributed by atoms with E-state index >= 15 is 0 Å². The van der Waals surface area contributed by atoms with E-state index in [4.69, 9.17) is 11.6 Å². The van der Waals surface area contributed by atoms with Crippen LogP contribution >= 0.6 is 11.6 Å². The maximum atomic E-state index is 12.9. The summed E-state index contributed by atoms with van der Waals surface area (Å²) in [5, 5.41) is 1.76. The summed E-state index contributed by atoms with van der Waals surface area (Å²) in [6.07, 6.45) is 3.54. The second-order valence-corrected chi connectivity index (χ2v) is 8.04. The Kier molecular flexibility index (Phi) is 5.45. The van der Waals surface area contributed by atoms with Gasteiger partial charge in [-0.15, -0.1) is 0 Å².